The SMILES string of the molecule is CN1C[C@H]2CC[C@H](C(=O)NCc3ccco3)N2c2ccccc2S1(=O)=O. The van der Waals surface area contributed by atoms with Crippen LogP contribution in [-0.2, 0) is 21.4 Å². The highest BCUT2D eigenvalue weighted by Crippen LogP contribution is 2.39. The van der Waals surface area contributed by atoms with Crippen LogP contribution in [0.5, 0.6) is 0 Å². The molecular weight excluding hydrogens is 354 g/mol. The summed E-state index contributed by atoms with van der Waals surface area (Å²) in [6.45, 7) is 0.694. The van der Waals surface area contributed by atoms with Crippen molar-refractivity contribution >= 4 is 21.6 Å². The standard InChI is InChI=1S/C18H21N3O4S/c1-20-12-13-8-9-16(18(22)19-11-14-5-4-10-25-14)21(13)15-6-2-3-7-17(15)26(20,23)24/h2-7,10,13,16H,8-9,11-12H2,1H3,(H,19,22)/t13-,16-/m1/s1. The number of rotatable bonds is 3. The molecule has 2 atom stereocenters. The zero-order chi connectivity index (χ0) is 18.3. The van der Waals surface area contributed by atoms with Crippen LogP contribution in [0, 0.1) is 0 Å². The number of para-hydroxylation sites is 1. The van der Waals surface area contributed by atoms with Crippen LogP contribution in [-0.4, -0.2) is 44.3 Å². The quantitative estimate of drug-likeness (QED) is 0.880. The lowest BCUT2D eigenvalue weighted by Crippen LogP contribution is -2.47. The van der Waals surface area contributed by atoms with Crippen molar-refractivity contribution < 1.29 is 17.6 Å². The molecule has 7 nitrogen and oxygen atoms in total. The van der Waals surface area contributed by atoms with Crippen LogP contribution in [0.25, 0.3) is 0 Å². The number of anilines is 1. The second-order valence-electron chi connectivity index (χ2n) is 6.70. The second-order valence-corrected chi connectivity index (χ2v) is 8.72. The summed E-state index contributed by atoms with van der Waals surface area (Å²) in [5.74, 6) is 0.576. The first-order valence-corrected chi connectivity index (χ1v) is 10.1. The summed E-state index contributed by atoms with van der Waals surface area (Å²) in [7, 11) is -1.95. The van der Waals surface area contributed by atoms with E-state index in [0.29, 0.717) is 31.0 Å². The van der Waals surface area contributed by atoms with Crippen molar-refractivity contribution in [1.29, 1.82) is 0 Å². The molecule has 1 N–H and O–H groups in total. The number of carbonyl (C=O) groups is 1. The smallest absolute Gasteiger partial charge is 0.244 e. The number of fused-ring (bicyclic) bond motifs is 3. The lowest BCUT2D eigenvalue weighted by Gasteiger charge is -2.30. The third kappa shape index (κ3) is 2.79. The fourth-order valence-electron chi connectivity index (χ4n) is 3.84. The molecule has 1 saturated heterocycles. The highest BCUT2D eigenvalue weighted by atomic mass is 32.2. The fraction of sp³-hybridized carbons (Fsp3) is 0.389. The average molecular weight is 375 g/mol. The zero-order valence-corrected chi connectivity index (χ0v) is 15.3. The van der Waals surface area contributed by atoms with Gasteiger partial charge in [-0.3, -0.25) is 4.79 Å². The van der Waals surface area contributed by atoms with E-state index in [4.69, 9.17) is 4.42 Å². The van der Waals surface area contributed by atoms with Crippen LogP contribution in [0.3, 0.4) is 0 Å². The summed E-state index contributed by atoms with van der Waals surface area (Å²) in [5.41, 5.74) is 0.609. The molecule has 0 unspecified atom stereocenters. The van der Waals surface area contributed by atoms with Crippen molar-refractivity contribution in [2.45, 2.75) is 36.4 Å². The fourth-order valence-corrected chi connectivity index (χ4v) is 5.23. The number of amides is 1. The predicted octanol–water partition coefficient (Wildman–Crippen LogP) is 1.57. The summed E-state index contributed by atoms with van der Waals surface area (Å²) >= 11 is 0. The largest absolute Gasteiger partial charge is 0.467 e. The summed E-state index contributed by atoms with van der Waals surface area (Å²) in [6, 6.07) is 10.1. The Bertz CT molecular complexity index is 910. The molecule has 0 spiro atoms. The maximum Gasteiger partial charge on any atom is 0.244 e. The molecule has 0 aliphatic carbocycles. The molecule has 26 heavy (non-hydrogen) atoms. The van der Waals surface area contributed by atoms with E-state index in [9.17, 15) is 13.2 Å². The molecule has 4 rings (SSSR count). The lowest BCUT2D eigenvalue weighted by molar-refractivity contribution is -0.122. The van der Waals surface area contributed by atoms with Gasteiger partial charge in [-0.25, -0.2) is 8.42 Å². The molecule has 1 aromatic heterocycles. The Morgan fingerprint density at radius 2 is 2.04 bits per heavy atom. The van der Waals surface area contributed by atoms with Gasteiger partial charge in [0.2, 0.25) is 15.9 Å². The highest BCUT2D eigenvalue weighted by molar-refractivity contribution is 7.89. The number of hydrogen-bond donors (Lipinski definition) is 1. The van der Waals surface area contributed by atoms with Crippen LogP contribution in [0.15, 0.2) is 52.0 Å². The molecule has 1 amide bonds. The topological polar surface area (TPSA) is 82.9 Å². The molecular formula is C18H21N3O4S. The van der Waals surface area contributed by atoms with E-state index in [1.54, 1.807) is 43.6 Å². The van der Waals surface area contributed by atoms with E-state index in [2.05, 4.69) is 5.32 Å². The van der Waals surface area contributed by atoms with E-state index in [0.717, 1.165) is 6.42 Å². The molecule has 138 valence electrons. The number of carbonyl (C=O) groups excluding carboxylic acids is 1. The molecule has 0 radical (unpaired) electrons. The van der Waals surface area contributed by atoms with Crippen molar-refractivity contribution in [2.24, 2.45) is 0 Å². The van der Waals surface area contributed by atoms with Gasteiger partial charge in [-0.2, -0.15) is 4.31 Å². The maximum atomic E-state index is 12.8. The van der Waals surface area contributed by atoms with Gasteiger partial charge in [-0.1, -0.05) is 12.1 Å². The first-order valence-electron chi connectivity index (χ1n) is 8.62. The number of furan rings is 1. The van der Waals surface area contributed by atoms with Crippen LogP contribution < -0.4 is 10.2 Å². The third-order valence-corrected chi connectivity index (χ3v) is 6.99. The van der Waals surface area contributed by atoms with Crippen molar-refractivity contribution in [3.05, 3.63) is 48.4 Å². The Kier molecular flexibility index (Phi) is 4.24. The van der Waals surface area contributed by atoms with Crippen LogP contribution in [0.1, 0.15) is 18.6 Å². The maximum absolute atomic E-state index is 12.8. The van der Waals surface area contributed by atoms with Gasteiger partial charge in [0, 0.05) is 19.6 Å². The summed E-state index contributed by atoms with van der Waals surface area (Å²) in [4.78, 5) is 15.0. The van der Waals surface area contributed by atoms with Crippen LogP contribution in [0.2, 0.25) is 0 Å². The Morgan fingerprint density at radius 3 is 2.81 bits per heavy atom. The second kappa shape index (κ2) is 6.44. The van der Waals surface area contributed by atoms with E-state index in [-0.39, 0.29) is 16.8 Å². The summed E-state index contributed by atoms with van der Waals surface area (Å²) in [6.07, 6.45) is 3.03. The number of benzene rings is 1. The molecule has 0 bridgehead atoms. The molecule has 3 heterocycles. The molecule has 1 fully saturated rings. The van der Waals surface area contributed by atoms with Gasteiger partial charge in [0.1, 0.15) is 16.7 Å². The van der Waals surface area contributed by atoms with Crippen molar-refractivity contribution in [3.63, 3.8) is 0 Å². The molecule has 8 heteroatoms. The lowest BCUT2D eigenvalue weighted by atomic mass is 10.2. The molecule has 2 aromatic rings. The van der Waals surface area contributed by atoms with Gasteiger partial charge >= 0.3 is 0 Å². The minimum atomic E-state index is -3.55. The zero-order valence-electron chi connectivity index (χ0n) is 14.5. The van der Waals surface area contributed by atoms with E-state index in [1.165, 1.54) is 4.31 Å². The highest BCUT2D eigenvalue weighted by Gasteiger charge is 2.44. The summed E-state index contributed by atoms with van der Waals surface area (Å²) in [5, 5.41) is 2.91. The van der Waals surface area contributed by atoms with Gasteiger partial charge < -0.3 is 14.6 Å². The van der Waals surface area contributed by atoms with Crippen molar-refractivity contribution in [2.75, 3.05) is 18.5 Å². The van der Waals surface area contributed by atoms with E-state index < -0.39 is 16.1 Å². The Labute approximate surface area is 152 Å². The number of nitrogens with zero attached hydrogens (tertiary/aromatic N) is 2. The van der Waals surface area contributed by atoms with Gasteiger partial charge in [-0.15, -0.1) is 0 Å². The predicted molar refractivity (Wildman–Crippen MR) is 96.1 cm³/mol. The van der Waals surface area contributed by atoms with Gasteiger partial charge in [0.15, 0.2) is 0 Å². The minimum Gasteiger partial charge on any atom is -0.467 e. The van der Waals surface area contributed by atoms with Crippen LogP contribution in [0.4, 0.5) is 5.69 Å². The third-order valence-electron chi connectivity index (χ3n) is 5.12. The number of likely N-dealkylation sites (N-methyl/N-ethyl adjacent to an activating group) is 1. The molecule has 0 saturated carbocycles. The number of sulfonamides is 1. The average Bonchev–Trinajstić information content (AvgIpc) is 3.27. The van der Waals surface area contributed by atoms with Gasteiger partial charge in [-0.05, 0) is 37.1 Å². The summed E-state index contributed by atoms with van der Waals surface area (Å²) < 4.78 is 32.2. The molecule has 2 aliphatic rings. The number of nitrogens with one attached hydrogen (secondary N) is 1. The Hall–Kier alpha value is -2.32. The first-order chi connectivity index (χ1) is 12.5. The van der Waals surface area contributed by atoms with E-state index >= 15 is 0 Å². The Balaban J connectivity index is 1.65. The monoisotopic (exact) mass is 375 g/mol. The van der Waals surface area contributed by atoms with Crippen molar-refractivity contribution in [3.8, 4) is 0 Å². The van der Waals surface area contributed by atoms with Crippen molar-refractivity contribution in [1.82, 2.24) is 9.62 Å². The van der Waals surface area contributed by atoms with E-state index in [1.807, 2.05) is 11.0 Å². The normalized spacial score (nSPS) is 24.6. The molecule has 1 aromatic carbocycles. The number of hydrogen-bond acceptors (Lipinski definition) is 5. The van der Waals surface area contributed by atoms with Crippen LogP contribution >= 0.6 is 0 Å². The Morgan fingerprint density at radius 1 is 1.23 bits per heavy atom. The minimum absolute atomic E-state index is 0.0159. The first kappa shape index (κ1) is 17.1. The van der Waals surface area contributed by atoms with Gasteiger partial charge in [0.05, 0.1) is 18.5 Å². The molecule has 2 aliphatic heterocycles. The van der Waals surface area contributed by atoms with Gasteiger partial charge in [0.25, 0.3) is 0 Å².